The van der Waals surface area contributed by atoms with Crippen molar-refractivity contribution >= 4 is 23.1 Å². The molecule has 1 heterocycles. The quantitative estimate of drug-likeness (QED) is 0.380. The zero-order valence-corrected chi connectivity index (χ0v) is 18.4. The fraction of sp³-hybridized carbons (Fsp3) is 0.440. The SMILES string of the molecule is CCCCCCCN(CCc1ccc(O[C@H](C)C(=O)[O-])cc1)c1nc2ccccc2o1. The van der Waals surface area contributed by atoms with Crippen LogP contribution in [0.2, 0.25) is 0 Å². The summed E-state index contributed by atoms with van der Waals surface area (Å²) in [7, 11) is 0. The average Bonchev–Trinajstić information content (AvgIpc) is 3.20. The molecule has 1 atom stereocenters. The lowest BCUT2D eigenvalue weighted by Gasteiger charge is -2.21. The maximum atomic E-state index is 10.8. The molecule has 0 saturated heterocycles. The molecule has 0 aliphatic rings. The second-order valence-electron chi connectivity index (χ2n) is 7.84. The number of nitrogens with zero attached hydrogens (tertiary/aromatic N) is 2. The number of oxazole rings is 1. The summed E-state index contributed by atoms with van der Waals surface area (Å²) in [6, 6.07) is 16.0. The van der Waals surface area contributed by atoms with E-state index in [4.69, 9.17) is 9.15 Å². The fourth-order valence-electron chi connectivity index (χ4n) is 3.46. The molecule has 166 valence electrons. The van der Waals surface area contributed by atoms with Crippen LogP contribution < -0.4 is 14.7 Å². The number of aromatic nitrogens is 1. The van der Waals surface area contributed by atoms with Crippen LogP contribution in [-0.2, 0) is 11.2 Å². The first-order chi connectivity index (χ1) is 15.1. The Hall–Kier alpha value is -3.02. The van der Waals surface area contributed by atoms with E-state index in [-0.39, 0.29) is 0 Å². The largest absolute Gasteiger partial charge is 0.546 e. The number of carbonyl (C=O) groups is 1. The van der Waals surface area contributed by atoms with Crippen LogP contribution in [0, 0.1) is 0 Å². The van der Waals surface area contributed by atoms with Crippen LogP contribution in [0.5, 0.6) is 5.75 Å². The number of hydrogen-bond acceptors (Lipinski definition) is 6. The molecule has 0 spiro atoms. The van der Waals surface area contributed by atoms with E-state index in [0.29, 0.717) is 11.8 Å². The van der Waals surface area contributed by atoms with E-state index in [1.54, 1.807) is 12.1 Å². The number of fused-ring (bicyclic) bond motifs is 1. The van der Waals surface area contributed by atoms with Gasteiger partial charge in [0.1, 0.15) is 17.4 Å². The zero-order valence-electron chi connectivity index (χ0n) is 18.4. The monoisotopic (exact) mass is 423 g/mol. The molecule has 0 N–H and O–H groups in total. The summed E-state index contributed by atoms with van der Waals surface area (Å²) in [6.07, 6.45) is 5.91. The van der Waals surface area contributed by atoms with E-state index >= 15 is 0 Å². The van der Waals surface area contributed by atoms with Crippen molar-refractivity contribution in [2.75, 3.05) is 18.0 Å². The molecule has 3 aromatic rings. The van der Waals surface area contributed by atoms with Crippen molar-refractivity contribution < 1.29 is 19.1 Å². The molecule has 31 heavy (non-hydrogen) atoms. The number of rotatable bonds is 13. The third kappa shape index (κ3) is 6.74. The lowest BCUT2D eigenvalue weighted by Crippen LogP contribution is -2.37. The normalized spacial score (nSPS) is 12.1. The van der Waals surface area contributed by atoms with Gasteiger partial charge in [-0.15, -0.1) is 0 Å². The van der Waals surface area contributed by atoms with Gasteiger partial charge in [-0.25, -0.2) is 0 Å². The van der Waals surface area contributed by atoms with Crippen LogP contribution in [0.4, 0.5) is 6.01 Å². The number of hydrogen-bond donors (Lipinski definition) is 0. The Kier molecular flexibility index (Phi) is 8.33. The van der Waals surface area contributed by atoms with Gasteiger partial charge in [0.25, 0.3) is 6.01 Å². The molecule has 0 radical (unpaired) electrons. The Labute approximate surface area is 183 Å². The Morgan fingerprint density at radius 2 is 1.81 bits per heavy atom. The number of anilines is 1. The summed E-state index contributed by atoms with van der Waals surface area (Å²) in [5.74, 6) is -0.704. The van der Waals surface area contributed by atoms with Crippen molar-refractivity contribution in [2.45, 2.75) is 58.5 Å². The molecule has 0 amide bonds. The van der Waals surface area contributed by atoms with Gasteiger partial charge in [0.2, 0.25) is 0 Å². The van der Waals surface area contributed by atoms with Crippen molar-refractivity contribution in [2.24, 2.45) is 0 Å². The fourth-order valence-corrected chi connectivity index (χ4v) is 3.46. The first-order valence-corrected chi connectivity index (χ1v) is 11.1. The van der Waals surface area contributed by atoms with Crippen LogP contribution in [0.25, 0.3) is 11.1 Å². The molecule has 0 fully saturated rings. The van der Waals surface area contributed by atoms with Crippen LogP contribution in [0.15, 0.2) is 52.9 Å². The minimum atomic E-state index is -1.23. The third-order valence-corrected chi connectivity index (χ3v) is 5.32. The van der Waals surface area contributed by atoms with Gasteiger partial charge >= 0.3 is 0 Å². The molecular formula is C25H31N2O4-. The van der Waals surface area contributed by atoms with Gasteiger partial charge in [0, 0.05) is 13.1 Å². The second-order valence-corrected chi connectivity index (χ2v) is 7.84. The van der Waals surface area contributed by atoms with Gasteiger partial charge in [-0.1, -0.05) is 56.9 Å². The Morgan fingerprint density at radius 3 is 2.52 bits per heavy atom. The number of para-hydroxylation sites is 2. The highest BCUT2D eigenvalue weighted by molar-refractivity contribution is 5.74. The van der Waals surface area contributed by atoms with Crippen molar-refractivity contribution in [1.29, 1.82) is 0 Å². The first kappa shape index (κ1) is 22.7. The molecule has 2 aromatic carbocycles. The van der Waals surface area contributed by atoms with Gasteiger partial charge in [0.15, 0.2) is 5.58 Å². The van der Waals surface area contributed by atoms with Crippen molar-refractivity contribution in [3.05, 3.63) is 54.1 Å². The summed E-state index contributed by atoms with van der Waals surface area (Å²) >= 11 is 0. The Morgan fingerprint density at radius 1 is 1.06 bits per heavy atom. The Balaban J connectivity index is 1.63. The minimum absolute atomic E-state index is 0.521. The summed E-state index contributed by atoms with van der Waals surface area (Å²) in [5.41, 5.74) is 2.81. The smallest absolute Gasteiger partial charge is 0.298 e. The van der Waals surface area contributed by atoms with Crippen LogP contribution in [0.1, 0.15) is 51.5 Å². The third-order valence-electron chi connectivity index (χ3n) is 5.32. The highest BCUT2D eigenvalue weighted by Gasteiger charge is 2.14. The van der Waals surface area contributed by atoms with E-state index in [1.165, 1.54) is 32.6 Å². The molecule has 0 bridgehead atoms. The highest BCUT2D eigenvalue weighted by Crippen LogP contribution is 2.23. The van der Waals surface area contributed by atoms with Crippen molar-refractivity contribution in [3.8, 4) is 5.75 Å². The molecule has 1 aromatic heterocycles. The van der Waals surface area contributed by atoms with E-state index in [9.17, 15) is 9.90 Å². The van der Waals surface area contributed by atoms with Crippen LogP contribution in [0.3, 0.4) is 0 Å². The van der Waals surface area contributed by atoms with E-state index in [2.05, 4.69) is 16.8 Å². The number of carbonyl (C=O) groups excluding carboxylic acids is 1. The van der Waals surface area contributed by atoms with Gasteiger partial charge < -0.3 is 24.0 Å². The number of ether oxygens (including phenoxy) is 1. The molecule has 6 heteroatoms. The average molecular weight is 424 g/mol. The maximum Gasteiger partial charge on any atom is 0.298 e. The Bertz CT molecular complexity index is 919. The van der Waals surface area contributed by atoms with Crippen LogP contribution >= 0.6 is 0 Å². The molecule has 3 rings (SSSR count). The lowest BCUT2D eigenvalue weighted by atomic mass is 10.1. The molecule has 0 aliphatic heterocycles. The van der Waals surface area contributed by atoms with E-state index < -0.39 is 12.1 Å². The first-order valence-electron chi connectivity index (χ1n) is 11.1. The van der Waals surface area contributed by atoms with Gasteiger partial charge in [-0.05, 0) is 49.6 Å². The summed E-state index contributed by atoms with van der Waals surface area (Å²) in [6.45, 7) is 5.37. The number of benzene rings is 2. The molecule has 0 saturated carbocycles. The molecule has 6 nitrogen and oxygen atoms in total. The van der Waals surface area contributed by atoms with E-state index in [0.717, 1.165) is 42.6 Å². The number of aliphatic carboxylic acids is 1. The summed E-state index contributed by atoms with van der Waals surface area (Å²) in [5, 5.41) is 10.8. The number of carboxylic acid groups (broad SMARTS) is 1. The minimum Gasteiger partial charge on any atom is -0.546 e. The van der Waals surface area contributed by atoms with Gasteiger partial charge in [-0.3, -0.25) is 0 Å². The topological polar surface area (TPSA) is 78.6 Å². The highest BCUT2D eigenvalue weighted by atomic mass is 16.5. The van der Waals surface area contributed by atoms with Gasteiger partial charge in [0.05, 0.1) is 5.97 Å². The van der Waals surface area contributed by atoms with Gasteiger partial charge in [-0.2, -0.15) is 4.98 Å². The summed E-state index contributed by atoms with van der Waals surface area (Å²) in [4.78, 5) is 17.7. The van der Waals surface area contributed by atoms with Crippen LogP contribution in [-0.4, -0.2) is 30.1 Å². The van der Waals surface area contributed by atoms with Crippen molar-refractivity contribution in [3.63, 3.8) is 0 Å². The molecule has 0 unspecified atom stereocenters. The van der Waals surface area contributed by atoms with Crippen molar-refractivity contribution in [1.82, 2.24) is 4.98 Å². The second kappa shape index (κ2) is 11.4. The van der Waals surface area contributed by atoms with E-state index in [1.807, 2.05) is 36.4 Å². The molecular weight excluding hydrogens is 392 g/mol. The predicted molar refractivity (Wildman–Crippen MR) is 120 cm³/mol. The number of carboxylic acids is 1. The summed E-state index contributed by atoms with van der Waals surface area (Å²) < 4.78 is 11.4. The zero-order chi connectivity index (χ0) is 22.1. The maximum absolute atomic E-state index is 10.8. The predicted octanol–water partition coefficient (Wildman–Crippen LogP) is 4.36. The standard InChI is InChI=1S/C25H32N2O4/c1-3-4-5-6-9-17-27(25-26-22-10-7-8-11-23(22)31-25)18-16-20-12-14-21(15-13-20)30-19(2)24(28)29/h7-8,10-15,19H,3-6,9,16-18H2,1-2H3,(H,28,29)/p-1/t19-/m1/s1. The molecule has 0 aliphatic carbocycles. The number of unbranched alkanes of at least 4 members (excludes halogenated alkanes) is 4. The lowest BCUT2D eigenvalue weighted by molar-refractivity contribution is -0.312.